The Balaban J connectivity index is 1.85. The molecular formula is C13H27N3O. The molecule has 2 heterocycles. The van der Waals surface area contributed by atoms with Crippen LogP contribution in [0.5, 0.6) is 0 Å². The number of nitrogens with zero attached hydrogens (tertiary/aromatic N) is 2. The van der Waals surface area contributed by atoms with Crippen LogP contribution in [0.1, 0.15) is 19.8 Å². The minimum Gasteiger partial charge on any atom is -0.395 e. The van der Waals surface area contributed by atoms with Gasteiger partial charge in [0.15, 0.2) is 0 Å². The molecule has 0 aromatic heterocycles. The highest BCUT2D eigenvalue weighted by atomic mass is 16.3. The van der Waals surface area contributed by atoms with E-state index in [4.69, 9.17) is 5.11 Å². The van der Waals surface area contributed by atoms with Gasteiger partial charge in [0.05, 0.1) is 6.61 Å². The van der Waals surface area contributed by atoms with E-state index in [1.807, 2.05) is 0 Å². The third-order valence-electron chi connectivity index (χ3n) is 4.34. The van der Waals surface area contributed by atoms with Gasteiger partial charge in [0, 0.05) is 32.2 Å². The Morgan fingerprint density at radius 2 is 2.06 bits per heavy atom. The van der Waals surface area contributed by atoms with Crippen molar-refractivity contribution in [1.82, 2.24) is 15.1 Å². The minimum absolute atomic E-state index is 0.294. The summed E-state index contributed by atoms with van der Waals surface area (Å²) in [6, 6.07) is 0.745. The van der Waals surface area contributed by atoms with Crippen molar-refractivity contribution < 1.29 is 5.11 Å². The summed E-state index contributed by atoms with van der Waals surface area (Å²) in [6.07, 6.45) is 2.53. The van der Waals surface area contributed by atoms with Gasteiger partial charge in [-0.05, 0) is 32.0 Å². The van der Waals surface area contributed by atoms with Crippen LogP contribution in [0.15, 0.2) is 0 Å². The van der Waals surface area contributed by atoms with E-state index in [0.717, 1.165) is 31.6 Å². The lowest BCUT2D eigenvalue weighted by atomic mass is 9.99. The van der Waals surface area contributed by atoms with E-state index in [-0.39, 0.29) is 0 Å². The van der Waals surface area contributed by atoms with Gasteiger partial charge in [-0.2, -0.15) is 0 Å². The Bertz CT molecular complexity index is 225. The lowest BCUT2D eigenvalue weighted by molar-refractivity contribution is 0.164. The summed E-state index contributed by atoms with van der Waals surface area (Å²) in [6.45, 7) is 10.5. The summed E-state index contributed by atoms with van der Waals surface area (Å²) in [5, 5.41) is 12.5. The molecule has 2 atom stereocenters. The maximum atomic E-state index is 9.00. The van der Waals surface area contributed by atoms with Crippen molar-refractivity contribution in [2.45, 2.75) is 25.8 Å². The Morgan fingerprint density at radius 1 is 1.18 bits per heavy atom. The fraction of sp³-hybridized carbons (Fsp3) is 1.00. The van der Waals surface area contributed by atoms with E-state index in [1.54, 1.807) is 0 Å². The lowest BCUT2D eigenvalue weighted by Crippen LogP contribution is -2.43. The monoisotopic (exact) mass is 241 g/mol. The van der Waals surface area contributed by atoms with Gasteiger partial charge in [-0.3, -0.25) is 9.80 Å². The zero-order valence-corrected chi connectivity index (χ0v) is 11.1. The van der Waals surface area contributed by atoms with E-state index >= 15 is 0 Å². The van der Waals surface area contributed by atoms with Gasteiger partial charge in [0.2, 0.25) is 0 Å². The van der Waals surface area contributed by atoms with Crippen LogP contribution < -0.4 is 5.32 Å². The molecule has 0 aliphatic carbocycles. The molecule has 2 aliphatic rings. The van der Waals surface area contributed by atoms with Crippen LogP contribution in [-0.4, -0.2) is 73.4 Å². The Kier molecular flexibility index (Phi) is 5.22. The maximum Gasteiger partial charge on any atom is 0.0558 e. The normalized spacial score (nSPS) is 32.8. The van der Waals surface area contributed by atoms with E-state index in [2.05, 4.69) is 22.0 Å². The lowest BCUT2D eigenvalue weighted by Gasteiger charge is -2.31. The second-order valence-corrected chi connectivity index (χ2v) is 5.35. The van der Waals surface area contributed by atoms with Crippen molar-refractivity contribution in [1.29, 1.82) is 0 Å². The first kappa shape index (κ1) is 13.3. The predicted molar refractivity (Wildman–Crippen MR) is 70.2 cm³/mol. The largest absolute Gasteiger partial charge is 0.395 e. The average Bonchev–Trinajstić information content (AvgIpc) is 2.70. The molecule has 0 radical (unpaired) electrons. The van der Waals surface area contributed by atoms with Gasteiger partial charge >= 0.3 is 0 Å². The molecule has 2 rings (SSSR count). The SMILES string of the molecule is CCC1CNCC1N1CCCN(CCO)CC1. The van der Waals surface area contributed by atoms with Crippen LogP contribution in [-0.2, 0) is 0 Å². The molecule has 0 saturated carbocycles. The van der Waals surface area contributed by atoms with Gasteiger partial charge in [0.25, 0.3) is 0 Å². The molecule has 4 heteroatoms. The highest BCUT2D eigenvalue weighted by Gasteiger charge is 2.31. The summed E-state index contributed by atoms with van der Waals surface area (Å²) in [5.74, 6) is 0.833. The van der Waals surface area contributed by atoms with Crippen molar-refractivity contribution in [3.63, 3.8) is 0 Å². The summed E-state index contributed by atoms with van der Waals surface area (Å²) in [4.78, 5) is 5.06. The van der Waals surface area contributed by atoms with E-state index in [9.17, 15) is 0 Å². The molecule has 2 fully saturated rings. The third kappa shape index (κ3) is 3.41. The molecular weight excluding hydrogens is 214 g/mol. The zero-order valence-electron chi connectivity index (χ0n) is 11.1. The van der Waals surface area contributed by atoms with Crippen LogP contribution in [0, 0.1) is 5.92 Å². The molecule has 0 aromatic carbocycles. The smallest absolute Gasteiger partial charge is 0.0558 e. The topological polar surface area (TPSA) is 38.7 Å². The molecule has 2 aliphatic heterocycles. The Labute approximate surface area is 105 Å². The predicted octanol–water partition coefficient (Wildman–Crippen LogP) is -0.0156. The van der Waals surface area contributed by atoms with Crippen LogP contribution >= 0.6 is 0 Å². The number of β-amino-alcohol motifs (C(OH)–C–C–N with tert-alkyl or cyclic N) is 1. The molecule has 2 unspecified atom stereocenters. The minimum atomic E-state index is 0.294. The summed E-state index contributed by atoms with van der Waals surface area (Å²) in [5.41, 5.74) is 0. The van der Waals surface area contributed by atoms with Gasteiger partial charge in [-0.25, -0.2) is 0 Å². The number of rotatable bonds is 4. The molecule has 2 saturated heterocycles. The molecule has 0 bridgehead atoms. The van der Waals surface area contributed by atoms with Gasteiger partial charge in [0.1, 0.15) is 0 Å². The first-order chi connectivity index (χ1) is 8.35. The highest BCUT2D eigenvalue weighted by molar-refractivity contribution is 4.89. The number of nitrogens with one attached hydrogen (secondary N) is 1. The second-order valence-electron chi connectivity index (χ2n) is 5.35. The van der Waals surface area contributed by atoms with Crippen LogP contribution in [0.2, 0.25) is 0 Å². The zero-order chi connectivity index (χ0) is 12.1. The second kappa shape index (κ2) is 6.69. The van der Waals surface area contributed by atoms with Crippen molar-refractivity contribution in [3.05, 3.63) is 0 Å². The van der Waals surface area contributed by atoms with Gasteiger partial charge in [-0.1, -0.05) is 13.3 Å². The van der Waals surface area contributed by atoms with Crippen molar-refractivity contribution in [2.24, 2.45) is 5.92 Å². The number of aliphatic hydroxyl groups excluding tert-OH is 1. The molecule has 2 N–H and O–H groups in total. The quantitative estimate of drug-likeness (QED) is 0.726. The van der Waals surface area contributed by atoms with E-state index in [0.29, 0.717) is 6.61 Å². The van der Waals surface area contributed by atoms with E-state index < -0.39 is 0 Å². The molecule has 4 nitrogen and oxygen atoms in total. The molecule has 0 aromatic rings. The number of aliphatic hydroxyl groups is 1. The van der Waals surface area contributed by atoms with Crippen molar-refractivity contribution in [3.8, 4) is 0 Å². The average molecular weight is 241 g/mol. The standard InChI is InChI=1S/C13H27N3O/c1-2-12-10-14-11-13(12)16-5-3-4-15(6-7-16)8-9-17/h12-14,17H,2-11H2,1H3. The number of hydrogen-bond acceptors (Lipinski definition) is 4. The third-order valence-corrected chi connectivity index (χ3v) is 4.34. The van der Waals surface area contributed by atoms with Crippen LogP contribution in [0.3, 0.4) is 0 Å². The molecule has 17 heavy (non-hydrogen) atoms. The fourth-order valence-electron chi connectivity index (χ4n) is 3.25. The Morgan fingerprint density at radius 3 is 2.82 bits per heavy atom. The van der Waals surface area contributed by atoms with Gasteiger partial charge < -0.3 is 10.4 Å². The number of hydrogen-bond donors (Lipinski definition) is 2. The van der Waals surface area contributed by atoms with Gasteiger partial charge in [-0.15, -0.1) is 0 Å². The molecule has 0 spiro atoms. The first-order valence-corrected chi connectivity index (χ1v) is 7.13. The highest BCUT2D eigenvalue weighted by Crippen LogP contribution is 2.20. The summed E-state index contributed by atoms with van der Waals surface area (Å²) in [7, 11) is 0. The van der Waals surface area contributed by atoms with E-state index in [1.165, 1.54) is 39.0 Å². The molecule has 0 amide bonds. The maximum absolute atomic E-state index is 9.00. The summed E-state index contributed by atoms with van der Waals surface area (Å²) < 4.78 is 0. The summed E-state index contributed by atoms with van der Waals surface area (Å²) >= 11 is 0. The first-order valence-electron chi connectivity index (χ1n) is 7.13. The van der Waals surface area contributed by atoms with Crippen LogP contribution in [0.4, 0.5) is 0 Å². The Hall–Kier alpha value is -0.160. The van der Waals surface area contributed by atoms with Crippen molar-refractivity contribution >= 4 is 0 Å². The molecule has 100 valence electrons. The van der Waals surface area contributed by atoms with Crippen molar-refractivity contribution in [2.75, 3.05) is 52.4 Å². The van der Waals surface area contributed by atoms with Crippen LogP contribution in [0.25, 0.3) is 0 Å². The fourth-order valence-corrected chi connectivity index (χ4v) is 3.25.